The molecule has 18 heavy (non-hydrogen) atoms. The molecule has 1 saturated heterocycles. The summed E-state index contributed by atoms with van der Waals surface area (Å²) in [5.41, 5.74) is 1.34. The maximum atomic E-state index is 4.24. The largest absolute Gasteiger partial charge is 0.314 e. The quantitative estimate of drug-likeness (QED) is 0.835. The lowest BCUT2D eigenvalue weighted by Crippen LogP contribution is -2.58. The standard InChI is InChI=1S/C14H24N4/c1-14(2,18-9-7-16-8-10-18)13(15-3)12-5-4-6-17-11-12/h4-6,11,13,15-16H,7-10H2,1-3H3. The fourth-order valence-corrected chi connectivity index (χ4v) is 2.90. The summed E-state index contributed by atoms with van der Waals surface area (Å²) in [6.07, 6.45) is 3.79. The van der Waals surface area contributed by atoms with Gasteiger partial charge in [0.2, 0.25) is 0 Å². The molecule has 0 aromatic carbocycles. The molecule has 1 aromatic heterocycles. The van der Waals surface area contributed by atoms with Crippen molar-refractivity contribution < 1.29 is 0 Å². The molecule has 1 fully saturated rings. The molecule has 0 amide bonds. The predicted octanol–water partition coefficient (Wildman–Crippen LogP) is 1.03. The second-order valence-corrected chi connectivity index (χ2v) is 5.40. The van der Waals surface area contributed by atoms with E-state index >= 15 is 0 Å². The molecule has 2 rings (SSSR count). The summed E-state index contributed by atoms with van der Waals surface area (Å²) >= 11 is 0. The van der Waals surface area contributed by atoms with Gasteiger partial charge >= 0.3 is 0 Å². The van der Waals surface area contributed by atoms with Gasteiger partial charge in [-0.15, -0.1) is 0 Å². The van der Waals surface area contributed by atoms with Gasteiger partial charge in [0, 0.05) is 44.1 Å². The first kappa shape index (κ1) is 13.5. The maximum Gasteiger partial charge on any atom is 0.0514 e. The number of nitrogens with zero attached hydrogens (tertiary/aromatic N) is 2. The van der Waals surface area contributed by atoms with Crippen LogP contribution in [0.15, 0.2) is 24.5 Å². The average Bonchev–Trinajstić information content (AvgIpc) is 2.41. The van der Waals surface area contributed by atoms with Gasteiger partial charge in [0.05, 0.1) is 6.04 Å². The molecule has 0 bridgehead atoms. The summed E-state index contributed by atoms with van der Waals surface area (Å²) in [5, 5.41) is 6.86. The zero-order chi connectivity index (χ0) is 13.0. The fourth-order valence-electron chi connectivity index (χ4n) is 2.90. The Morgan fingerprint density at radius 1 is 1.39 bits per heavy atom. The van der Waals surface area contributed by atoms with Crippen molar-refractivity contribution in [3.05, 3.63) is 30.1 Å². The van der Waals surface area contributed by atoms with Crippen LogP contribution in [-0.2, 0) is 0 Å². The van der Waals surface area contributed by atoms with Crippen LogP contribution < -0.4 is 10.6 Å². The Labute approximate surface area is 110 Å². The highest BCUT2D eigenvalue weighted by atomic mass is 15.3. The lowest BCUT2D eigenvalue weighted by molar-refractivity contribution is 0.0698. The number of hydrogen-bond acceptors (Lipinski definition) is 4. The second-order valence-electron chi connectivity index (χ2n) is 5.40. The Hall–Kier alpha value is -0.970. The van der Waals surface area contributed by atoms with Crippen LogP contribution in [0.25, 0.3) is 0 Å². The van der Waals surface area contributed by atoms with Crippen LogP contribution in [0.2, 0.25) is 0 Å². The van der Waals surface area contributed by atoms with Gasteiger partial charge in [0.15, 0.2) is 0 Å². The monoisotopic (exact) mass is 248 g/mol. The lowest BCUT2D eigenvalue weighted by Gasteiger charge is -2.46. The Kier molecular flexibility index (Phi) is 4.32. The van der Waals surface area contributed by atoms with E-state index in [1.807, 2.05) is 25.5 Å². The second kappa shape index (κ2) is 5.78. The molecular formula is C14H24N4. The van der Waals surface area contributed by atoms with Crippen molar-refractivity contribution in [2.75, 3.05) is 33.2 Å². The summed E-state index contributed by atoms with van der Waals surface area (Å²) in [5.74, 6) is 0. The highest BCUT2D eigenvalue weighted by Gasteiger charge is 2.36. The van der Waals surface area contributed by atoms with Crippen molar-refractivity contribution in [1.82, 2.24) is 20.5 Å². The van der Waals surface area contributed by atoms with Crippen LogP contribution in [0.4, 0.5) is 0 Å². The molecule has 1 aliphatic rings. The number of likely N-dealkylation sites (N-methyl/N-ethyl adjacent to an activating group) is 1. The maximum absolute atomic E-state index is 4.24. The molecule has 1 aromatic rings. The highest BCUT2D eigenvalue weighted by Crippen LogP contribution is 2.30. The molecule has 0 aliphatic carbocycles. The predicted molar refractivity (Wildman–Crippen MR) is 74.6 cm³/mol. The molecule has 4 nitrogen and oxygen atoms in total. The van der Waals surface area contributed by atoms with Gasteiger partial charge < -0.3 is 10.6 Å². The van der Waals surface area contributed by atoms with E-state index in [0.717, 1.165) is 26.2 Å². The highest BCUT2D eigenvalue weighted by molar-refractivity contribution is 5.19. The Morgan fingerprint density at radius 2 is 2.11 bits per heavy atom. The number of rotatable bonds is 4. The van der Waals surface area contributed by atoms with E-state index in [0.29, 0.717) is 6.04 Å². The molecule has 2 N–H and O–H groups in total. The molecule has 1 unspecified atom stereocenters. The summed E-state index contributed by atoms with van der Waals surface area (Å²) in [6, 6.07) is 4.45. The van der Waals surface area contributed by atoms with Crippen LogP contribution in [0.3, 0.4) is 0 Å². The molecule has 1 aliphatic heterocycles. The summed E-state index contributed by atoms with van der Waals surface area (Å²) in [6.45, 7) is 8.98. The molecule has 2 heterocycles. The van der Waals surface area contributed by atoms with Gasteiger partial charge in [-0.25, -0.2) is 0 Å². The Morgan fingerprint density at radius 3 is 2.67 bits per heavy atom. The first-order valence-corrected chi connectivity index (χ1v) is 6.69. The molecule has 4 heteroatoms. The normalized spacial score (nSPS) is 19.7. The minimum absolute atomic E-state index is 0.0832. The van der Waals surface area contributed by atoms with Crippen molar-refractivity contribution in [3.8, 4) is 0 Å². The molecule has 100 valence electrons. The van der Waals surface area contributed by atoms with Crippen molar-refractivity contribution in [2.24, 2.45) is 0 Å². The fraction of sp³-hybridized carbons (Fsp3) is 0.643. The van der Waals surface area contributed by atoms with Crippen molar-refractivity contribution in [2.45, 2.75) is 25.4 Å². The van der Waals surface area contributed by atoms with E-state index in [9.17, 15) is 0 Å². The first-order valence-electron chi connectivity index (χ1n) is 6.69. The zero-order valence-corrected chi connectivity index (χ0v) is 11.6. The van der Waals surface area contributed by atoms with Gasteiger partial charge in [0.1, 0.15) is 0 Å². The van der Waals surface area contributed by atoms with Crippen LogP contribution in [0, 0.1) is 0 Å². The number of aromatic nitrogens is 1. The van der Waals surface area contributed by atoms with Gasteiger partial charge in [-0.05, 0) is 32.5 Å². The average molecular weight is 248 g/mol. The smallest absolute Gasteiger partial charge is 0.0514 e. The summed E-state index contributed by atoms with van der Waals surface area (Å²) in [7, 11) is 2.03. The Bertz CT molecular complexity index is 357. The van der Waals surface area contributed by atoms with E-state index in [-0.39, 0.29) is 5.54 Å². The van der Waals surface area contributed by atoms with Crippen LogP contribution in [0.1, 0.15) is 25.5 Å². The van der Waals surface area contributed by atoms with E-state index in [1.54, 1.807) is 0 Å². The van der Waals surface area contributed by atoms with Crippen LogP contribution >= 0.6 is 0 Å². The molecule has 0 saturated carbocycles. The van der Waals surface area contributed by atoms with Crippen molar-refractivity contribution >= 4 is 0 Å². The summed E-state index contributed by atoms with van der Waals surface area (Å²) in [4.78, 5) is 6.79. The molecule has 0 radical (unpaired) electrons. The van der Waals surface area contributed by atoms with E-state index in [4.69, 9.17) is 0 Å². The number of piperazine rings is 1. The van der Waals surface area contributed by atoms with Crippen LogP contribution in [-0.4, -0.2) is 48.6 Å². The molecule has 0 spiro atoms. The van der Waals surface area contributed by atoms with Crippen LogP contribution in [0.5, 0.6) is 0 Å². The van der Waals surface area contributed by atoms with Gasteiger partial charge in [0.25, 0.3) is 0 Å². The first-order chi connectivity index (χ1) is 8.66. The minimum Gasteiger partial charge on any atom is -0.314 e. The van der Waals surface area contributed by atoms with Gasteiger partial charge in [-0.3, -0.25) is 9.88 Å². The number of nitrogens with one attached hydrogen (secondary N) is 2. The van der Waals surface area contributed by atoms with E-state index < -0.39 is 0 Å². The SMILES string of the molecule is CNC(c1cccnc1)C(C)(C)N1CCNCC1. The number of hydrogen-bond donors (Lipinski definition) is 2. The third-order valence-corrected chi connectivity index (χ3v) is 3.94. The lowest BCUT2D eigenvalue weighted by atomic mass is 9.87. The summed E-state index contributed by atoms with van der Waals surface area (Å²) < 4.78 is 0. The van der Waals surface area contributed by atoms with E-state index in [1.165, 1.54) is 5.56 Å². The van der Waals surface area contributed by atoms with Gasteiger partial charge in [-0.2, -0.15) is 0 Å². The van der Waals surface area contributed by atoms with Gasteiger partial charge in [-0.1, -0.05) is 6.07 Å². The topological polar surface area (TPSA) is 40.2 Å². The zero-order valence-electron chi connectivity index (χ0n) is 11.6. The number of pyridine rings is 1. The van der Waals surface area contributed by atoms with E-state index in [2.05, 4.69) is 40.4 Å². The molecule has 1 atom stereocenters. The van der Waals surface area contributed by atoms with Crippen molar-refractivity contribution in [3.63, 3.8) is 0 Å². The minimum atomic E-state index is 0.0832. The third-order valence-electron chi connectivity index (χ3n) is 3.94. The third kappa shape index (κ3) is 2.71. The molecular weight excluding hydrogens is 224 g/mol. The van der Waals surface area contributed by atoms with Crippen molar-refractivity contribution in [1.29, 1.82) is 0 Å². The Balaban J connectivity index is 2.19.